The van der Waals surface area contributed by atoms with Crippen molar-refractivity contribution >= 4 is 17.8 Å². The number of hydrogen-bond acceptors (Lipinski definition) is 7. The SMILES string of the molecule is Cc1c(C)[n+]([O-])c(C(c2cccc(O)c2)C2C(=O)NC(=O)NC2=O)n1-c1ncn[nH]1. The molecule has 0 radical (unpaired) electrons. The molecule has 1 fully saturated rings. The van der Waals surface area contributed by atoms with Gasteiger partial charge < -0.3 is 10.3 Å². The zero-order valence-electron chi connectivity index (χ0n) is 15.9. The number of H-pyrrole nitrogens is 1. The Labute approximate surface area is 169 Å². The first-order chi connectivity index (χ1) is 14.3. The van der Waals surface area contributed by atoms with Crippen molar-refractivity contribution in [2.45, 2.75) is 19.8 Å². The Balaban J connectivity index is 2.01. The molecule has 0 aliphatic carbocycles. The van der Waals surface area contributed by atoms with Crippen LogP contribution in [0.3, 0.4) is 0 Å². The molecule has 1 saturated heterocycles. The maximum absolute atomic E-state index is 13.2. The van der Waals surface area contributed by atoms with Crippen molar-refractivity contribution in [1.29, 1.82) is 0 Å². The van der Waals surface area contributed by atoms with Gasteiger partial charge in [0.05, 0.1) is 0 Å². The van der Waals surface area contributed by atoms with E-state index >= 15 is 0 Å². The molecule has 0 saturated carbocycles. The number of imidazole rings is 1. The fourth-order valence-corrected chi connectivity index (χ4v) is 3.62. The van der Waals surface area contributed by atoms with Gasteiger partial charge in [0, 0.05) is 13.8 Å². The van der Waals surface area contributed by atoms with Crippen molar-refractivity contribution < 1.29 is 24.2 Å². The summed E-state index contributed by atoms with van der Waals surface area (Å²) >= 11 is 0. The minimum Gasteiger partial charge on any atom is -0.711 e. The van der Waals surface area contributed by atoms with E-state index in [1.165, 1.54) is 29.1 Å². The molecular formula is C18H17N7O5. The van der Waals surface area contributed by atoms with Crippen LogP contribution < -0.4 is 15.4 Å². The van der Waals surface area contributed by atoms with Gasteiger partial charge in [0.15, 0.2) is 5.69 Å². The number of urea groups is 1. The second kappa shape index (κ2) is 6.99. The quantitative estimate of drug-likeness (QED) is 0.259. The fourth-order valence-electron chi connectivity index (χ4n) is 3.62. The molecule has 1 aliphatic rings. The number of phenolic OH excluding ortho intramolecular Hbond substituents is 1. The van der Waals surface area contributed by atoms with Crippen molar-refractivity contribution in [3.63, 3.8) is 0 Å². The number of aromatic amines is 1. The van der Waals surface area contributed by atoms with Crippen LogP contribution in [0.4, 0.5) is 4.79 Å². The van der Waals surface area contributed by atoms with E-state index in [0.717, 1.165) is 0 Å². The number of phenols is 1. The van der Waals surface area contributed by atoms with E-state index in [0.29, 0.717) is 21.7 Å². The Morgan fingerprint density at radius 1 is 1.20 bits per heavy atom. The maximum Gasteiger partial charge on any atom is 0.328 e. The number of carbonyl (C=O) groups is 3. The number of nitrogens with one attached hydrogen (secondary N) is 3. The summed E-state index contributed by atoms with van der Waals surface area (Å²) in [5.74, 6) is -4.25. The molecule has 12 nitrogen and oxygen atoms in total. The largest absolute Gasteiger partial charge is 0.711 e. The molecule has 3 heterocycles. The lowest BCUT2D eigenvalue weighted by Gasteiger charge is -2.27. The van der Waals surface area contributed by atoms with E-state index in [2.05, 4.69) is 25.8 Å². The third-order valence-corrected chi connectivity index (χ3v) is 5.09. The summed E-state index contributed by atoms with van der Waals surface area (Å²) in [7, 11) is 0. The summed E-state index contributed by atoms with van der Waals surface area (Å²) in [5, 5.41) is 33.8. The minimum atomic E-state index is -1.46. The van der Waals surface area contributed by atoms with Crippen LogP contribution in [0.15, 0.2) is 30.6 Å². The fraction of sp³-hybridized carbons (Fsp3) is 0.222. The molecule has 0 spiro atoms. The monoisotopic (exact) mass is 411 g/mol. The first-order valence-electron chi connectivity index (χ1n) is 8.91. The Morgan fingerprint density at radius 3 is 2.50 bits per heavy atom. The first kappa shape index (κ1) is 19.1. The van der Waals surface area contributed by atoms with Gasteiger partial charge in [-0.2, -0.15) is 14.6 Å². The van der Waals surface area contributed by atoms with E-state index in [4.69, 9.17) is 0 Å². The molecule has 30 heavy (non-hydrogen) atoms. The Kier molecular flexibility index (Phi) is 4.45. The third kappa shape index (κ3) is 2.94. The summed E-state index contributed by atoms with van der Waals surface area (Å²) in [6, 6.07) is 4.93. The summed E-state index contributed by atoms with van der Waals surface area (Å²) in [6.07, 6.45) is 1.26. The molecule has 1 atom stereocenters. The number of aromatic nitrogens is 5. The van der Waals surface area contributed by atoms with Crippen LogP contribution in [0.1, 0.15) is 28.7 Å². The van der Waals surface area contributed by atoms with E-state index in [1.54, 1.807) is 19.9 Å². The molecule has 1 unspecified atom stereocenters. The summed E-state index contributed by atoms with van der Waals surface area (Å²) in [5.41, 5.74) is 1.15. The average Bonchev–Trinajstić information content (AvgIpc) is 3.28. The van der Waals surface area contributed by atoms with Crippen LogP contribution in [0, 0.1) is 25.0 Å². The standard InChI is InChI=1S/C18H17N7O5/c1-8-9(2)25(30)16(24(8)17-19-7-20-23-17)12(10-4-3-5-11(26)6-10)13-14(27)21-18(29)22-15(13)28/h3-7,12-13,26H,1-2H3,(H,19,20,23)(H2,21,22,27,28,29). The minimum absolute atomic E-state index is 0.00278. The first-order valence-corrected chi connectivity index (χ1v) is 8.91. The smallest absolute Gasteiger partial charge is 0.328 e. The third-order valence-electron chi connectivity index (χ3n) is 5.09. The van der Waals surface area contributed by atoms with Crippen LogP contribution >= 0.6 is 0 Å². The molecule has 0 bridgehead atoms. The lowest BCUT2D eigenvalue weighted by atomic mass is 9.83. The van der Waals surface area contributed by atoms with Crippen LogP contribution in [0.25, 0.3) is 5.95 Å². The van der Waals surface area contributed by atoms with E-state index < -0.39 is 29.7 Å². The van der Waals surface area contributed by atoms with Gasteiger partial charge in [-0.1, -0.05) is 12.1 Å². The predicted molar refractivity (Wildman–Crippen MR) is 99.3 cm³/mol. The second-order valence-corrected chi connectivity index (χ2v) is 6.83. The maximum atomic E-state index is 13.2. The van der Waals surface area contributed by atoms with Crippen LogP contribution in [0.5, 0.6) is 5.75 Å². The predicted octanol–water partition coefficient (Wildman–Crippen LogP) is -0.335. The van der Waals surface area contributed by atoms with Crippen molar-refractivity contribution in [3.05, 3.63) is 58.6 Å². The van der Waals surface area contributed by atoms with Gasteiger partial charge in [0.1, 0.15) is 29.6 Å². The lowest BCUT2D eigenvalue weighted by molar-refractivity contribution is -0.621. The second-order valence-electron chi connectivity index (χ2n) is 6.83. The van der Waals surface area contributed by atoms with Crippen LogP contribution in [-0.2, 0) is 9.59 Å². The highest BCUT2D eigenvalue weighted by Crippen LogP contribution is 2.35. The van der Waals surface area contributed by atoms with Crippen molar-refractivity contribution in [2.75, 3.05) is 0 Å². The molecule has 4 amide bonds. The summed E-state index contributed by atoms with van der Waals surface area (Å²) in [6.45, 7) is 3.27. The normalized spacial score (nSPS) is 15.7. The highest BCUT2D eigenvalue weighted by molar-refractivity contribution is 6.16. The van der Waals surface area contributed by atoms with E-state index in [1.807, 2.05) is 0 Å². The number of barbiturate groups is 1. The molecule has 1 aromatic carbocycles. The topological polar surface area (TPSA) is 169 Å². The van der Waals surface area contributed by atoms with Gasteiger partial charge in [-0.15, -0.1) is 0 Å². The number of imide groups is 2. The van der Waals surface area contributed by atoms with Crippen LogP contribution in [0.2, 0.25) is 0 Å². The zero-order valence-corrected chi connectivity index (χ0v) is 15.9. The molecule has 4 N–H and O–H groups in total. The molecule has 1 aliphatic heterocycles. The Morgan fingerprint density at radius 2 is 1.90 bits per heavy atom. The van der Waals surface area contributed by atoms with Gasteiger partial charge in [0.25, 0.3) is 5.82 Å². The van der Waals surface area contributed by atoms with Crippen molar-refractivity contribution in [3.8, 4) is 11.7 Å². The molecule has 2 aromatic heterocycles. The molecule has 3 aromatic rings. The van der Waals surface area contributed by atoms with Gasteiger partial charge in [-0.25, -0.2) is 14.6 Å². The Bertz CT molecular complexity index is 1150. The van der Waals surface area contributed by atoms with E-state index in [9.17, 15) is 24.7 Å². The van der Waals surface area contributed by atoms with Crippen molar-refractivity contribution in [1.82, 2.24) is 30.4 Å². The molecular weight excluding hydrogens is 394 g/mol. The summed E-state index contributed by atoms with van der Waals surface area (Å²) in [4.78, 5) is 41.0. The number of nitrogens with zero attached hydrogens (tertiary/aromatic N) is 4. The van der Waals surface area contributed by atoms with Gasteiger partial charge in [-0.3, -0.25) is 20.2 Å². The number of rotatable bonds is 4. The van der Waals surface area contributed by atoms with Gasteiger partial charge >= 0.3 is 12.0 Å². The van der Waals surface area contributed by atoms with Gasteiger partial charge in [0.2, 0.25) is 11.8 Å². The highest BCUT2D eigenvalue weighted by atomic mass is 16.5. The molecule has 154 valence electrons. The van der Waals surface area contributed by atoms with Gasteiger partial charge in [-0.05, 0) is 17.7 Å². The molecule has 12 heteroatoms. The van der Waals surface area contributed by atoms with Crippen LogP contribution in [-0.4, -0.2) is 42.7 Å². The highest BCUT2D eigenvalue weighted by Gasteiger charge is 2.47. The number of benzene rings is 1. The number of carbonyl (C=O) groups excluding carboxylic acids is 3. The average molecular weight is 411 g/mol. The number of amides is 4. The van der Waals surface area contributed by atoms with E-state index in [-0.39, 0.29) is 17.5 Å². The summed E-state index contributed by atoms with van der Waals surface area (Å²) < 4.78 is 2.06. The zero-order chi connectivity index (χ0) is 21.6. The van der Waals surface area contributed by atoms with Crippen molar-refractivity contribution in [2.24, 2.45) is 5.92 Å². The number of aromatic hydroxyl groups is 1. The Hall–Kier alpha value is -4.22. The lowest BCUT2D eigenvalue weighted by Crippen LogP contribution is -2.58. The molecule has 4 rings (SSSR count). The number of hydrogen-bond donors (Lipinski definition) is 4.